The summed E-state index contributed by atoms with van der Waals surface area (Å²) in [4.78, 5) is 30.5. The second-order valence-corrected chi connectivity index (χ2v) is 6.57. The molecule has 132 valence electrons. The maximum atomic E-state index is 12.4. The number of nitrogens with zero attached hydrogens (tertiary/aromatic N) is 3. The van der Waals surface area contributed by atoms with E-state index in [-0.39, 0.29) is 24.2 Å². The number of carbonyl (C=O) groups is 2. The summed E-state index contributed by atoms with van der Waals surface area (Å²) in [7, 11) is 0. The van der Waals surface area contributed by atoms with E-state index in [0.717, 1.165) is 29.8 Å². The molecule has 6 nitrogen and oxygen atoms in total. The molecule has 0 spiro atoms. The Hall–Kier alpha value is -2.63. The predicted octanol–water partition coefficient (Wildman–Crippen LogP) is 2.06. The number of nitrogens with one attached hydrogen (secondary N) is 1. The lowest BCUT2D eigenvalue weighted by Crippen LogP contribution is -2.34. The van der Waals surface area contributed by atoms with E-state index in [0.29, 0.717) is 13.1 Å². The zero-order valence-electron chi connectivity index (χ0n) is 14.7. The summed E-state index contributed by atoms with van der Waals surface area (Å²) >= 11 is 0. The molecule has 0 radical (unpaired) electrons. The van der Waals surface area contributed by atoms with Crippen molar-refractivity contribution in [3.8, 4) is 0 Å². The van der Waals surface area contributed by atoms with E-state index in [9.17, 15) is 9.59 Å². The number of carbonyl (C=O) groups excluding carboxylic acids is 2. The van der Waals surface area contributed by atoms with Gasteiger partial charge in [-0.2, -0.15) is 0 Å². The summed E-state index contributed by atoms with van der Waals surface area (Å²) in [5.41, 5.74) is 3.16. The predicted molar refractivity (Wildman–Crippen MR) is 96.2 cm³/mol. The van der Waals surface area contributed by atoms with Gasteiger partial charge in [-0.3, -0.25) is 9.59 Å². The SMILES string of the molecule is Cc1cccc(N2CC(C(=O)NCCCn3ccnc3)CC2=O)c1C. The number of aromatic nitrogens is 2. The van der Waals surface area contributed by atoms with Crippen LogP contribution in [0.5, 0.6) is 0 Å². The lowest BCUT2D eigenvalue weighted by molar-refractivity contribution is -0.126. The zero-order valence-corrected chi connectivity index (χ0v) is 14.7. The smallest absolute Gasteiger partial charge is 0.227 e. The van der Waals surface area contributed by atoms with Crippen molar-refractivity contribution in [3.63, 3.8) is 0 Å². The third kappa shape index (κ3) is 3.90. The molecule has 3 rings (SSSR count). The Bertz CT molecular complexity index is 755. The zero-order chi connectivity index (χ0) is 17.8. The van der Waals surface area contributed by atoms with Crippen LogP contribution in [-0.4, -0.2) is 34.5 Å². The van der Waals surface area contributed by atoms with Crippen LogP contribution in [0.4, 0.5) is 5.69 Å². The normalized spacial score (nSPS) is 17.1. The topological polar surface area (TPSA) is 67.2 Å². The molecule has 0 bridgehead atoms. The molecule has 1 aromatic carbocycles. The van der Waals surface area contributed by atoms with Crippen molar-refractivity contribution in [1.29, 1.82) is 0 Å². The maximum absolute atomic E-state index is 12.4. The van der Waals surface area contributed by atoms with E-state index in [4.69, 9.17) is 0 Å². The third-order valence-corrected chi connectivity index (χ3v) is 4.81. The molecule has 1 aliphatic rings. The van der Waals surface area contributed by atoms with Crippen molar-refractivity contribution >= 4 is 17.5 Å². The maximum Gasteiger partial charge on any atom is 0.227 e. The van der Waals surface area contributed by atoms with Crippen molar-refractivity contribution in [1.82, 2.24) is 14.9 Å². The van der Waals surface area contributed by atoms with Gasteiger partial charge in [-0.1, -0.05) is 12.1 Å². The summed E-state index contributed by atoms with van der Waals surface area (Å²) in [6, 6.07) is 5.93. The second-order valence-electron chi connectivity index (χ2n) is 6.57. The number of amides is 2. The van der Waals surface area contributed by atoms with Gasteiger partial charge in [-0.15, -0.1) is 0 Å². The highest BCUT2D eigenvalue weighted by Gasteiger charge is 2.35. The molecule has 0 saturated carbocycles. The number of rotatable bonds is 6. The average Bonchev–Trinajstić information content (AvgIpc) is 3.24. The van der Waals surface area contributed by atoms with Gasteiger partial charge in [0.15, 0.2) is 0 Å². The Morgan fingerprint density at radius 1 is 1.36 bits per heavy atom. The number of imidazole rings is 1. The number of hydrogen-bond donors (Lipinski definition) is 1. The van der Waals surface area contributed by atoms with E-state index in [1.54, 1.807) is 17.4 Å². The molecule has 1 saturated heterocycles. The first-order valence-corrected chi connectivity index (χ1v) is 8.66. The molecular weight excluding hydrogens is 316 g/mol. The first-order chi connectivity index (χ1) is 12.1. The van der Waals surface area contributed by atoms with Crippen LogP contribution in [0.2, 0.25) is 0 Å². The fourth-order valence-corrected chi connectivity index (χ4v) is 3.18. The van der Waals surface area contributed by atoms with Crippen molar-refractivity contribution < 1.29 is 9.59 Å². The molecule has 2 aromatic rings. The minimum Gasteiger partial charge on any atom is -0.356 e. The Morgan fingerprint density at radius 3 is 2.96 bits per heavy atom. The number of aryl methyl sites for hydroxylation is 2. The Kier molecular flexibility index (Phi) is 5.16. The largest absolute Gasteiger partial charge is 0.356 e. The van der Waals surface area contributed by atoms with E-state index in [1.807, 2.05) is 42.8 Å². The summed E-state index contributed by atoms with van der Waals surface area (Å²) < 4.78 is 1.98. The quantitative estimate of drug-likeness (QED) is 0.819. The Balaban J connectivity index is 1.53. The van der Waals surface area contributed by atoms with Crippen molar-refractivity contribution in [2.24, 2.45) is 5.92 Å². The van der Waals surface area contributed by atoms with Crippen LogP contribution in [0.1, 0.15) is 24.0 Å². The van der Waals surface area contributed by atoms with Gasteiger partial charge in [-0.05, 0) is 37.5 Å². The Labute approximate surface area is 147 Å². The lowest BCUT2D eigenvalue weighted by Gasteiger charge is -2.20. The number of hydrogen-bond acceptors (Lipinski definition) is 3. The van der Waals surface area contributed by atoms with E-state index >= 15 is 0 Å². The van der Waals surface area contributed by atoms with Gasteiger partial charge >= 0.3 is 0 Å². The minimum atomic E-state index is -0.277. The molecule has 2 amide bonds. The van der Waals surface area contributed by atoms with Crippen molar-refractivity contribution in [2.45, 2.75) is 33.2 Å². The Morgan fingerprint density at radius 2 is 2.20 bits per heavy atom. The number of anilines is 1. The molecular formula is C19H24N4O2. The molecule has 6 heteroatoms. The third-order valence-electron chi connectivity index (χ3n) is 4.81. The van der Waals surface area contributed by atoms with Gasteiger partial charge in [0.25, 0.3) is 0 Å². The minimum absolute atomic E-state index is 0.0206. The molecule has 1 aromatic heterocycles. The summed E-state index contributed by atoms with van der Waals surface area (Å²) in [6.45, 7) is 5.92. The van der Waals surface area contributed by atoms with Crippen LogP contribution < -0.4 is 10.2 Å². The fraction of sp³-hybridized carbons (Fsp3) is 0.421. The molecule has 25 heavy (non-hydrogen) atoms. The van der Waals surface area contributed by atoms with Gasteiger partial charge < -0.3 is 14.8 Å². The van der Waals surface area contributed by atoms with Crippen molar-refractivity contribution in [3.05, 3.63) is 48.0 Å². The molecule has 2 heterocycles. The molecule has 1 N–H and O–H groups in total. The fourth-order valence-electron chi connectivity index (χ4n) is 3.18. The first kappa shape index (κ1) is 17.2. The standard InChI is InChI=1S/C19H24N4O2/c1-14-5-3-6-17(15(14)2)23-12-16(11-18(23)24)19(25)21-7-4-9-22-10-8-20-13-22/h3,5-6,8,10,13,16H,4,7,9,11-12H2,1-2H3,(H,21,25). The van der Waals surface area contributed by atoms with Crippen LogP contribution in [0.25, 0.3) is 0 Å². The first-order valence-electron chi connectivity index (χ1n) is 8.66. The van der Waals surface area contributed by atoms with Crippen LogP contribution in [0, 0.1) is 19.8 Å². The van der Waals surface area contributed by atoms with E-state index in [2.05, 4.69) is 10.3 Å². The summed E-state index contributed by atoms with van der Waals surface area (Å²) in [5, 5.41) is 2.95. The number of benzene rings is 1. The summed E-state index contributed by atoms with van der Waals surface area (Å²) in [6.07, 6.45) is 6.52. The second kappa shape index (κ2) is 7.51. The average molecular weight is 340 g/mol. The van der Waals surface area contributed by atoms with E-state index < -0.39 is 0 Å². The van der Waals surface area contributed by atoms with Gasteiger partial charge in [0, 0.05) is 44.1 Å². The van der Waals surface area contributed by atoms with Crippen LogP contribution >= 0.6 is 0 Å². The van der Waals surface area contributed by atoms with Gasteiger partial charge in [0.2, 0.25) is 11.8 Å². The molecule has 1 fully saturated rings. The lowest BCUT2D eigenvalue weighted by atomic mass is 10.1. The van der Waals surface area contributed by atoms with Crippen LogP contribution in [0.15, 0.2) is 36.9 Å². The van der Waals surface area contributed by atoms with Gasteiger partial charge in [0.05, 0.1) is 12.2 Å². The van der Waals surface area contributed by atoms with Gasteiger partial charge in [-0.25, -0.2) is 4.98 Å². The highest BCUT2D eigenvalue weighted by Crippen LogP contribution is 2.29. The molecule has 1 aliphatic heterocycles. The van der Waals surface area contributed by atoms with Crippen molar-refractivity contribution in [2.75, 3.05) is 18.0 Å². The van der Waals surface area contributed by atoms with Crippen LogP contribution in [-0.2, 0) is 16.1 Å². The molecule has 1 unspecified atom stereocenters. The van der Waals surface area contributed by atoms with E-state index in [1.165, 1.54) is 0 Å². The van der Waals surface area contributed by atoms with Crippen LogP contribution in [0.3, 0.4) is 0 Å². The molecule has 1 atom stereocenters. The summed E-state index contributed by atoms with van der Waals surface area (Å²) in [5.74, 6) is -0.292. The highest BCUT2D eigenvalue weighted by atomic mass is 16.2. The monoisotopic (exact) mass is 340 g/mol. The van der Waals surface area contributed by atoms with Gasteiger partial charge in [0.1, 0.15) is 0 Å². The molecule has 0 aliphatic carbocycles. The highest BCUT2D eigenvalue weighted by molar-refractivity contribution is 6.00.